The zero-order chi connectivity index (χ0) is 39.6. The van der Waals surface area contributed by atoms with Crippen molar-refractivity contribution in [2.45, 2.75) is 0 Å². The van der Waals surface area contributed by atoms with E-state index in [2.05, 4.69) is 164 Å². The third-order valence-corrected chi connectivity index (χ3v) is 12.7. The fraction of sp³-hybridized carbons (Fsp3) is 0. The number of nitrogens with zero attached hydrogens (tertiary/aromatic N) is 3. The summed E-state index contributed by atoms with van der Waals surface area (Å²) in [5.74, 6) is 0.664. The third-order valence-electron chi connectivity index (χ3n) is 11.5. The number of furan rings is 1. The van der Waals surface area contributed by atoms with Gasteiger partial charge in [-0.15, -0.1) is 11.3 Å². The van der Waals surface area contributed by atoms with Crippen LogP contribution in [0.25, 0.3) is 120 Å². The molecule has 0 bridgehead atoms. The Morgan fingerprint density at radius 2 is 0.983 bits per heavy atom. The molecule has 4 heterocycles. The van der Waals surface area contributed by atoms with Crippen LogP contribution in [-0.2, 0) is 0 Å². The molecular weight excluding hydrogens is 751 g/mol. The molecule has 0 radical (unpaired) electrons. The molecule has 0 atom stereocenters. The van der Waals surface area contributed by atoms with Gasteiger partial charge in [-0.2, -0.15) is 0 Å². The van der Waals surface area contributed by atoms with Crippen LogP contribution in [0.4, 0.5) is 0 Å². The molecule has 0 amide bonds. The van der Waals surface area contributed by atoms with E-state index in [0.29, 0.717) is 5.82 Å². The van der Waals surface area contributed by atoms with Gasteiger partial charge in [0, 0.05) is 58.6 Å². The molecule has 60 heavy (non-hydrogen) atoms. The summed E-state index contributed by atoms with van der Waals surface area (Å²) in [6.07, 6.45) is 0. The summed E-state index contributed by atoms with van der Waals surface area (Å²) in [5, 5.41) is 5.73. The van der Waals surface area contributed by atoms with Crippen molar-refractivity contribution < 1.29 is 4.42 Å². The first-order valence-electron chi connectivity index (χ1n) is 20.1. The van der Waals surface area contributed by atoms with Gasteiger partial charge in [0.2, 0.25) is 0 Å². The van der Waals surface area contributed by atoms with E-state index in [1.165, 1.54) is 25.7 Å². The summed E-state index contributed by atoms with van der Waals surface area (Å²) in [4.78, 5) is 15.9. The van der Waals surface area contributed by atoms with Crippen molar-refractivity contribution in [3.8, 4) is 67.4 Å². The molecule has 0 aliphatic carbocycles. The molecule has 0 fully saturated rings. The fourth-order valence-electron chi connectivity index (χ4n) is 8.59. The minimum atomic E-state index is 0.664. The Hall–Kier alpha value is -7.73. The second kappa shape index (κ2) is 14.0. The van der Waals surface area contributed by atoms with E-state index in [1.54, 1.807) is 0 Å². The molecule has 12 rings (SSSR count). The van der Waals surface area contributed by atoms with Gasteiger partial charge in [-0.25, -0.2) is 15.0 Å². The predicted molar refractivity (Wildman–Crippen MR) is 250 cm³/mol. The molecule has 0 unspecified atom stereocenters. The van der Waals surface area contributed by atoms with Crippen LogP contribution in [0.5, 0.6) is 0 Å². The predicted octanol–water partition coefficient (Wildman–Crippen LogP) is 15.3. The first-order valence-corrected chi connectivity index (χ1v) is 20.9. The van der Waals surface area contributed by atoms with Gasteiger partial charge in [-0.05, 0) is 64.7 Å². The van der Waals surface area contributed by atoms with E-state index in [9.17, 15) is 0 Å². The Morgan fingerprint density at radius 3 is 1.80 bits per heavy atom. The van der Waals surface area contributed by atoms with Crippen LogP contribution >= 0.6 is 11.3 Å². The second-order valence-corrected chi connectivity index (χ2v) is 16.2. The highest BCUT2D eigenvalue weighted by Crippen LogP contribution is 2.44. The molecule has 4 aromatic heterocycles. The quantitative estimate of drug-likeness (QED) is 0.169. The molecule has 12 aromatic rings. The molecule has 0 aliphatic rings. The van der Waals surface area contributed by atoms with Gasteiger partial charge >= 0.3 is 0 Å². The maximum Gasteiger partial charge on any atom is 0.162 e. The van der Waals surface area contributed by atoms with Gasteiger partial charge in [0.25, 0.3) is 0 Å². The standard InChI is InChI=1S/C55H33N3OS/c1-3-14-34(15-4-1)35-26-28-36(29-27-35)47-33-48(58-55(57-47)37-16-5-2-6-17-37)39-30-38(41-21-13-22-43-42-18-9-12-25-50(42)60-54(41)43)31-40(32-39)52-53-51(44-19-7-10-23-46(44)56-52)45-20-8-11-24-49(45)59-53/h1-33H. The van der Waals surface area contributed by atoms with E-state index >= 15 is 0 Å². The number of pyridine rings is 1. The topological polar surface area (TPSA) is 51.8 Å². The Labute approximate surface area is 349 Å². The van der Waals surface area contributed by atoms with Crippen molar-refractivity contribution in [1.29, 1.82) is 0 Å². The minimum Gasteiger partial charge on any atom is -0.454 e. The van der Waals surface area contributed by atoms with Crippen LogP contribution in [0.1, 0.15) is 0 Å². The second-order valence-electron chi connectivity index (χ2n) is 15.1. The molecule has 5 heteroatoms. The highest BCUT2D eigenvalue weighted by atomic mass is 32.1. The molecule has 0 saturated heterocycles. The number of thiophene rings is 1. The number of hydrogen-bond acceptors (Lipinski definition) is 5. The van der Waals surface area contributed by atoms with Gasteiger partial charge in [-0.3, -0.25) is 0 Å². The monoisotopic (exact) mass is 783 g/mol. The summed E-state index contributed by atoms with van der Waals surface area (Å²) in [6.45, 7) is 0. The zero-order valence-electron chi connectivity index (χ0n) is 32.2. The van der Waals surface area contributed by atoms with E-state index in [-0.39, 0.29) is 0 Å². The first kappa shape index (κ1) is 34.3. The Balaban J connectivity index is 1.13. The SMILES string of the molecule is c1ccc(-c2ccc(-c3cc(-c4cc(-c5nc6ccccc6c6c5oc5ccccc56)cc(-c5cccc6c5sc5ccccc56)c4)nc(-c4ccccc4)n3)cc2)cc1. The van der Waals surface area contributed by atoms with Crippen molar-refractivity contribution in [1.82, 2.24) is 15.0 Å². The van der Waals surface area contributed by atoms with Crippen molar-refractivity contribution in [2.75, 3.05) is 0 Å². The fourth-order valence-corrected chi connectivity index (χ4v) is 9.83. The average Bonchev–Trinajstić information content (AvgIpc) is 3.91. The third kappa shape index (κ3) is 5.78. The van der Waals surface area contributed by atoms with Crippen molar-refractivity contribution in [2.24, 2.45) is 0 Å². The summed E-state index contributed by atoms with van der Waals surface area (Å²) < 4.78 is 9.27. The molecular formula is C55H33N3OS. The number of rotatable bonds is 6. The van der Waals surface area contributed by atoms with Gasteiger partial charge in [0.1, 0.15) is 11.3 Å². The highest BCUT2D eigenvalue weighted by Gasteiger charge is 2.21. The van der Waals surface area contributed by atoms with Crippen LogP contribution < -0.4 is 0 Å². The van der Waals surface area contributed by atoms with Crippen LogP contribution in [0.15, 0.2) is 205 Å². The maximum absolute atomic E-state index is 6.76. The lowest BCUT2D eigenvalue weighted by molar-refractivity contribution is 0.669. The maximum atomic E-state index is 6.76. The lowest BCUT2D eigenvalue weighted by atomic mass is 9.94. The summed E-state index contributed by atoms with van der Waals surface area (Å²) in [6, 6.07) is 70.2. The zero-order valence-corrected chi connectivity index (χ0v) is 33.0. The molecule has 280 valence electrons. The van der Waals surface area contributed by atoms with Crippen LogP contribution in [0.2, 0.25) is 0 Å². The molecule has 8 aromatic carbocycles. The molecule has 0 N–H and O–H groups in total. The summed E-state index contributed by atoms with van der Waals surface area (Å²) >= 11 is 1.83. The number of hydrogen-bond donors (Lipinski definition) is 0. The highest BCUT2D eigenvalue weighted by molar-refractivity contribution is 7.26. The van der Waals surface area contributed by atoms with Crippen LogP contribution in [0, 0.1) is 0 Å². The van der Waals surface area contributed by atoms with E-state index in [4.69, 9.17) is 19.4 Å². The van der Waals surface area contributed by atoms with Gasteiger partial charge < -0.3 is 4.42 Å². The lowest BCUT2D eigenvalue weighted by Crippen LogP contribution is -1.97. The summed E-state index contributed by atoms with van der Waals surface area (Å²) in [7, 11) is 0. The average molecular weight is 784 g/mol. The molecule has 0 spiro atoms. The number of aromatic nitrogens is 3. The number of para-hydroxylation sites is 2. The number of benzene rings is 8. The lowest BCUT2D eigenvalue weighted by Gasteiger charge is -2.14. The Bertz CT molecular complexity index is 3590. The van der Waals surface area contributed by atoms with Crippen molar-refractivity contribution in [3.05, 3.63) is 200 Å². The van der Waals surface area contributed by atoms with Crippen molar-refractivity contribution in [3.63, 3.8) is 0 Å². The van der Waals surface area contributed by atoms with Gasteiger partial charge in [0.05, 0.1) is 16.9 Å². The Kier molecular flexibility index (Phi) is 8.00. The number of fused-ring (bicyclic) bond motifs is 8. The van der Waals surface area contributed by atoms with Crippen LogP contribution in [0.3, 0.4) is 0 Å². The minimum absolute atomic E-state index is 0.664. The molecule has 0 aliphatic heterocycles. The molecule has 0 saturated carbocycles. The largest absolute Gasteiger partial charge is 0.454 e. The van der Waals surface area contributed by atoms with Crippen LogP contribution in [-0.4, -0.2) is 15.0 Å². The smallest absolute Gasteiger partial charge is 0.162 e. The van der Waals surface area contributed by atoms with E-state index in [0.717, 1.165) is 88.9 Å². The van der Waals surface area contributed by atoms with Gasteiger partial charge in [-0.1, -0.05) is 158 Å². The Morgan fingerprint density at radius 1 is 0.383 bits per heavy atom. The summed E-state index contributed by atoms with van der Waals surface area (Å²) in [5.41, 5.74) is 13.4. The van der Waals surface area contributed by atoms with Crippen molar-refractivity contribution >= 4 is 64.4 Å². The normalized spacial score (nSPS) is 11.7. The first-order chi connectivity index (χ1) is 29.7. The van der Waals surface area contributed by atoms with E-state index in [1.807, 2.05) is 47.7 Å². The van der Waals surface area contributed by atoms with E-state index < -0.39 is 0 Å². The van der Waals surface area contributed by atoms with Gasteiger partial charge in [0.15, 0.2) is 11.4 Å². The molecule has 4 nitrogen and oxygen atoms in total.